The molecule has 0 atom stereocenters. The third-order valence-electron chi connectivity index (χ3n) is 7.17. The van der Waals surface area contributed by atoms with Crippen LogP contribution in [0.3, 0.4) is 0 Å². The van der Waals surface area contributed by atoms with Gasteiger partial charge in [-0.2, -0.15) is 0 Å². The second kappa shape index (κ2) is 8.33. The molecule has 0 radical (unpaired) electrons. The lowest BCUT2D eigenvalue weighted by atomic mass is 10.1. The highest BCUT2D eigenvalue weighted by atomic mass is 32.1. The fraction of sp³-hybridized carbons (Fsp3) is 0. The summed E-state index contributed by atoms with van der Waals surface area (Å²) in [6, 6.07) is 36.0. The van der Waals surface area contributed by atoms with Crippen LogP contribution in [0, 0.1) is 0 Å². The molecule has 0 aliphatic heterocycles. The zero-order valence-electron chi connectivity index (χ0n) is 20.2. The third-order valence-corrected chi connectivity index (χ3v) is 8.31. The number of nitrogens with zero attached hydrogens (tertiary/aromatic N) is 4. The van der Waals surface area contributed by atoms with Crippen LogP contribution in [-0.2, 0) is 0 Å². The molecule has 0 unspecified atom stereocenters. The van der Waals surface area contributed by atoms with Crippen LogP contribution in [-0.4, -0.2) is 19.5 Å². The van der Waals surface area contributed by atoms with E-state index in [1.807, 2.05) is 48.1 Å². The Morgan fingerprint density at radius 3 is 2.29 bits per heavy atom. The van der Waals surface area contributed by atoms with E-state index >= 15 is 0 Å². The summed E-state index contributed by atoms with van der Waals surface area (Å²) in [4.78, 5) is 14.3. The average Bonchev–Trinajstić information content (AvgIpc) is 3.53. The smallest absolute Gasteiger partial charge is 0.137 e. The average molecular weight is 505 g/mol. The molecule has 0 bridgehead atoms. The zero-order chi connectivity index (χ0) is 25.1. The standard InChI is InChI=1S/C33H20N4S/c1-2-6-22(7-3-1)26-12-13-27-32(36-26)25-11-14-29-31(24-8-4-5-9-28(24)38-29)33(25)37(27)30-15-10-23(20-35-30)21-16-18-34-19-17-21/h1-20H. The molecule has 8 aromatic rings. The molecule has 0 saturated carbocycles. The molecule has 0 spiro atoms. The van der Waals surface area contributed by atoms with E-state index in [9.17, 15) is 0 Å². The van der Waals surface area contributed by atoms with Crippen molar-refractivity contribution in [3.63, 3.8) is 0 Å². The number of aromatic nitrogens is 4. The maximum absolute atomic E-state index is 5.20. The van der Waals surface area contributed by atoms with Gasteiger partial charge in [0.25, 0.3) is 0 Å². The second-order valence-electron chi connectivity index (χ2n) is 9.34. The lowest BCUT2D eigenvalue weighted by molar-refractivity contribution is 1.08. The van der Waals surface area contributed by atoms with E-state index in [4.69, 9.17) is 9.97 Å². The van der Waals surface area contributed by atoms with E-state index in [0.717, 1.165) is 50.1 Å². The molecule has 4 nitrogen and oxygen atoms in total. The Morgan fingerprint density at radius 1 is 0.605 bits per heavy atom. The van der Waals surface area contributed by atoms with Gasteiger partial charge in [0.2, 0.25) is 0 Å². The van der Waals surface area contributed by atoms with Gasteiger partial charge in [0.1, 0.15) is 5.82 Å². The molecule has 0 aliphatic rings. The van der Waals surface area contributed by atoms with Crippen molar-refractivity contribution >= 4 is 53.4 Å². The summed E-state index contributed by atoms with van der Waals surface area (Å²) in [7, 11) is 0. The molecule has 8 rings (SSSR count). The van der Waals surface area contributed by atoms with Gasteiger partial charge in [0.05, 0.1) is 22.2 Å². The van der Waals surface area contributed by atoms with E-state index in [-0.39, 0.29) is 0 Å². The SMILES string of the molecule is c1ccc(-c2ccc3c(n2)c2ccc4sc5ccccc5c4c2n3-c2ccc(-c3ccncc3)cn2)cc1. The van der Waals surface area contributed by atoms with Gasteiger partial charge in [-0.15, -0.1) is 11.3 Å². The minimum absolute atomic E-state index is 0.875. The van der Waals surface area contributed by atoms with Crippen molar-refractivity contribution in [3.8, 4) is 28.2 Å². The van der Waals surface area contributed by atoms with E-state index in [1.165, 1.54) is 20.2 Å². The van der Waals surface area contributed by atoms with Gasteiger partial charge in [0, 0.05) is 55.3 Å². The Labute approximate surface area is 222 Å². The molecular formula is C33H20N4S. The van der Waals surface area contributed by atoms with Crippen molar-refractivity contribution in [1.82, 2.24) is 19.5 Å². The molecule has 0 saturated heterocycles. The Bertz CT molecular complexity index is 2110. The molecule has 38 heavy (non-hydrogen) atoms. The quantitative estimate of drug-likeness (QED) is 0.242. The van der Waals surface area contributed by atoms with Crippen molar-refractivity contribution in [2.45, 2.75) is 0 Å². The van der Waals surface area contributed by atoms with Crippen molar-refractivity contribution in [3.05, 3.63) is 122 Å². The number of fused-ring (bicyclic) bond motifs is 7. The van der Waals surface area contributed by atoms with Crippen LogP contribution in [0.2, 0.25) is 0 Å². The summed E-state index contributed by atoms with van der Waals surface area (Å²) in [6.07, 6.45) is 5.56. The number of hydrogen-bond acceptors (Lipinski definition) is 4. The lowest BCUT2D eigenvalue weighted by Crippen LogP contribution is -1.98. The van der Waals surface area contributed by atoms with Gasteiger partial charge in [0.15, 0.2) is 0 Å². The van der Waals surface area contributed by atoms with Gasteiger partial charge >= 0.3 is 0 Å². The van der Waals surface area contributed by atoms with E-state index < -0.39 is 0 Å². The highest BCUT2D eigenvalue weighted by Gasteiger charge is 2.20. The highest BCUT2D eigenvalue weighted by Crippen LogP contribution is 2.42. The summed E-state index contributed by atoms with van der Waals surface area (Å²) in [5.74, 6) is 0.875. The van der Waals surface area contributed by atoms with E-state index in [2.05, 4.69) is 94.5 Å². The van der Waals surface area contributed by atoms with Crippen LogP contribution in [0.15, 0.2) is 122 Å². The molecule has 0 aliphatic carbocycles. The first-order valence-corrected chi connectivity index (χ1v) is 13.3. The summed E-state index contributed by atoms with van der Waals surface area (Å²) in [6.45, 7) is 0. The summed E-state index contributed by atoms with van der Waals surface area (Å²) in [5, 5.41) is 3.65. The minimum Gasteiger partial charge on any atom is -0.291 e. The van der Waals surface area contributed by atoms with Gasteiger partial charge in [-0.05, 0) is 60.2 Å². The van der Waals surface area contributed by atoms with Crippen molar-refractivity contribution in [2.24, 2.45) is 0 Å². The molecule has 5 aromatic heterocycles. The van der Waals surface area contributed by atoms with Gasteiger partial charge in [-0.1, -0.05) is 48.5 Å². The summed E-state index contributed by atoms with van der Waals surface area (Å²) in [5.41, 5.74) is 7.42. The molecular weight excluding hydrogens is 484 g/mol. The fourth-order valence-electron chi connectivity index (χ4n) is 5.41. The Balaban J connectivity index is 1.46. The van der Waals surface area contributed by atoms with Gasteiger partial charge in [-0.3, -0.25) is 9.55 Å². The van der Waals surface area contributed by atoms with Crippen LogP contribution in [0.4, 0.5) is 0 Å². The predicted molar refractivity (Wildman–Crippen MR) is 158 cm³/mol. The normalized spacial score (nSPS) is 11.7. The first kappa shape index (κ1) is 21.2. The number of thiophene rings is 1. The van der Waals surface area contributed by atoms with Crippen LogP contribution in [0.5, 0.6) is 0 Å². The second-order valence-corrected chi connectivity index (χ2v) is 10.4. The molecule has 5 heterocycles. The third kappa shape index (κ3) is 3.19. The van der Waals surface area contributed by atoms with E-state index in [0.29, 0.717) is 0 Å². The monoisotopic (exact) mass is 504 g/mol. The molecule has 0 N–H and O–H groups in total. The van der Waals surface area contributed by atoms with Gasteiger partial charge in [-0.25, -0.2) is 9.97 Å². The predicted octanol–water partition coefficient (Wildman–Crippen LogP) is 8.67. The highest BCUT2D eigenvalue weighted by molar-refractivity contribution is 7.26. The summed E-state index contributed by atoms with van der Waals surface area (Å²) >= 11 is 1.83. The summed E-state index contributed by atoms with van der Waals surface area (Å²) < 4.78 is 4.83. The molecule has 0 fully saturated rings. The topological polar surface area (TPSA) is 43.6 Å². The number of benzene rings is 3. The minimum atomic E-state index is 0.875. The van der Waals surface area contributed by atoms with Crippen LogP contribution < -0.4 is 0 Å². The fourth-order valence-corrected chi connectivity index (χ4v) is 6.52. The first-order chi connectivity index (χ1) is 18.8. The molecule has 3 aromatic carbocycles. The van der Waals surface area contributed by atoms with Crippen LogP contribution >= 0.6 is 11.3 Å². The maximum Gasteiger partial charge on any atom is 0.137 e. The van der Waals surface area contributed by atoms with Gasteiger partial charge < -0.3 is 0 Å². The number of rotatable bonds is 3. The molecule has 178 valence electrons. The van der Waals surface area contributed by atoms with Crippen LogP contribution in [0.1, 0.15) is 0 Å². The van der Waals surface area contributed by atoms with Crippen LogP contribution in [0.25, 0.3) is 70.3 Å². The van der Waals surface area contributed by atoms with E-state index in [1.54, 1.807) is 0 Å². The Hall–Kier alpha value is -4.87. The Kier molecular flexibility index (Phi) is 4.66. The first-order valence-electron chi connectivity index (χ1n) is 12.5. The maximum atomic E-state index is 5.20. The lowest BCUT2D eigenvalue weighted by Gasteiger charge is -2.09. The number of hydrogen-bond donors (Lipinski definition) is 0. The number of pyridine rings is 3. The zero-order valence-corrected chi connectivity index (χ0v) is 21.1. The van der Waals surface area contributed by atoms with Crippen molar-refractivity contribution in [2.75, 3.05) is 0 Å². The largest absolute Gasteiger partial charge is 0.291 e. The van der Waals surface area contributed by atoms with Crippen molar-refractivity contribution < 1.29 is 0 Å². The molecule has 5 heteroatoms. The molecule has 0 amide bonds. The van der Waals surface area contributed by atoms with Crippen molar-refractivity contribution in [1.29, 1.82) is 0 Å². The Morgan fingerprint density at radius 2 is 1.45 bits per heavy atom.